The molecule has 2 aromatic heterocycles. The zero-order valence-electron chi connectivity index (χ0n) is 12.6. The van der Waals surface area contributed by atoms with Gasteiger partial charge in [-0.2, -0.15) is 4.98 Å². The van der Waals surface area contributed by atoms with Gasteiger partial charge in [-0.3, -0.25) is 0 Å². The molecule has 1 aromatic carbocycles. The van der Waals surface area contributed by atoms with Gasteiger partial charge in [0, 0.05) is 17.6 Å². The van der Waals surface area contributed by atoms with Crippen LogP contribution < -0.4 is 10.6 Å². The topological polar surface area (TPSA) is 55.0 Å². The standard InChI is InChI=1S/C16H18N4S/c1-9-5-10(2)7-12(6-9)20(4)14-13-8-11(3)21-15(13)19-16(17)18-14/h5-8H,1-4H3,(H2,17,18,19). The highest BCUT2D eigenvalue weighted by Crippen LogP contribution is 2.34. The summed E-state index contributed by atoms with van der Waals surface area (Å²) >= 11 is 1.64. The van der Waals surface area contributed by atoms with Crippen LogP contribution in [0.1, 0.15) is 16.0 Å². The lowest BCUT2D eigenvalue weighted by atomic mass is 10.1. The average Bonchev–Trinajstić information content (AvgIpc) is 2.75. The Labute approximate surface area is 128 Å². The second-order valence-corrected chi connectivity index (χ2v) is 6.62. The number of rotatable bonds is 2. The van der Waals surface area contributed by atoms with E-state index in [1.54, 1.807) is 11.3 Å². The molecule has 0 saturated heterocycles. The Balaban J connectivity index is 2.18. The molecule has 0 unspecified atom stereocenters. The van der Waals surface area contributed by atoms with E-state index >= 15 is 0 Å². The Morgan fingerprint density at radius 2 is 1.67 bits per heavy atom. The molecular weight excluding hydrogens is 280 g/mol. The summed E-state index contributed by atoms with van der Waals surface area (Å²) in [5, 5.41) is 1.05. The smallest absolute Gasteiger partial charge is 0.223 e. The lowest BCUT2D eigenvalue weighted by Gasteiger charge is -2.20. The maximum atomic E-state index is 5.87. The number of thiophene rings is 1. The van der Waals surface area contributed by atoms with Gasteiger partial charge >= 0.3 is 0 Å². The first kappa shape index (κ1) is 13.8. The molecule has 0 aliphatic heterocycles. The number of nitrogen functional groups attached to an aromatic ring is 1. The van der Waals surface area contributed by atoms with E-state index in [4.69, 9.17) is 5.73 Å². The summed E-state index contributed by atoms with van der Waals surface area (Å²) < 4.78 is 0. The van der Waals surface area contributed by atoms with Gasteiger partial charge in [-0.25, -0.2) is 4.98 Å². The van der Waals surface area contributed by atoms with Crippen LogP contribution in [0.25, 0.3) is 10.2 Å². The van der Waals surface area contributed by atoms with E-state index in [2.05, 4.69) is 59.9 Å². The van der Waals surface area contributed by atoms with Crippen molar-refractivity contribution >= 4 is 39.0 Å². The van der Waals surface area contributed by atoms with Gasteiger partial charge in [0.1, 0.15) is 10.6 Å². The molecule has 3 rings (SSSR count). The first-order chi connectivity index (χ1) is 9.94. The summed E-state index contributed by atoms with van der Waals surface area (Å²) in [6, 6.07) is 8.58. The molecule has 0 aliphatic rings. The monoisotopic (exact) mass is 298 g/mol. The van der Waals surface area contributed by atoms with Crippen molar-refractivity contribution in [3.8, 4) is 0 Å². The van der Waals surface area contributed by atoms with Gasteiger partial charge in [0.15, 0.2) is 0 Å². The van der Waals surface area contributed by atoms with Crippen LogP contribution >= 0.6 is 11.3 Å². The summed E-state index contributed by atoms with van der Waals surface area (Å²) in [4.78, 5) is 13.0. The second kappa shape index (κ2) is 5.00. The van der Waals surface area contributed by atoms with Crippen molar-refractivity contribution in [2.24, 2.45) is 0 Å². The van der Waals surface area contributed by atoms with Crippen LogP contribution in [0.5, 0.6) is 0 Å². The Hall–Kier alpha value is -2.14. The highest BCUT2D eigenvalue weighted by molar-refractivity contribution is 7.18. The number of fused-ring (bicyclic) bond motifs is 1. The molecule has 0 aliphatic carbocycles. The molecule has 0 radical (unpaired) electrons. The minimum Gasteiger partial charge on any atom is -0.368 e. The number of hydrogen-bond donors (Lipinski definition) is 1. The number of nitrogens with two attached hydrogens (primary N) is 1. The van der Waals surface area contributed by atoms with Gasteiger partial charge in [-0.1, -0.05) is 6.07 Å². The van der Waals surface area contributed by atoms with Gasteiger partial charge in [0.05, 0.1) is 5.39 Å². The zero-order chi connectivity index (χ0) is 15.1. The van der Waals surface area contributed by atoms with Crippen LogP contribution in [0.3, 0.4) is 0 Å². The van der Waals surface area contributed by atoms with Crippen molar-refractivity contribution in [3.05, 3.63) is 40.3 Å². The molecule has 0 spiro atoms. The minimum absolute atomic E-state index is 0.315. The van der Waals surface area contributed by atoms with E-state index in [1.165, 1.54) is 16.0 Å². The Bertz CT molecular complexity index is 802. The molecule has 0 saturated carbocycles. The first-order valence-corrected chi connectivity index (χ1v) is 7.61. The van der Waals surface area contributed by atoms with Crippen molar-refractivity contribution in [1.29, 1.82) is 0 Å². The van der Waals surface area contributed by atoms with Crippen LogP contribution in [-0.2, 0) is 0 Å². The van der Waals surface area contributed by atoms with Crippen LogP contribution in [-0.4, -0.2) is 17.0 Å². The normalized spacial score (nSPS) is 11.0. The van der Waals surface area contributed by atoms with Crippen LogP contribution in [0, 0.1) is 20.8 Å². The SMILES string of the molecule is Cc1cc(C)cc(N(C)c2nc(N)nc3sc(C)cc23)c1. The fraction of sp³-hybridized carbons (Fsp3) is 0.250. The highest BCUT2D eigenvalue weighted by Gasteiger charge is 2.14. The van der Waals surface area contributed by atoms with Crippen molar-refractivity contribution in [1.82, 2.24) is 9.97 Å². The molecule has 21 heavy (non-hydrogen) atoms. The van der Waals surface area contributed by atoms with Crippen LogP contribution in [0.15, 0.2) is 24.3 Å². The maximum Gasteiger partial charge on any atom is 0.223 e. The summed E-state index contributed by atoms with van der Waals surface area (Å²) in [5.74, 6) is 1.17. The maximum absolute atomic E-state index is 5.87. The third kappa shape index (κ3) is 2.56. The minimum atomic E-state index is 0.315. The molecule has 2 heterocycles. The molecule has 0 atom stereocenters. The lowest BCUT2D eigenvalue weighted by Crippen LogP contribution is -2.13. The molecule has 2 N–H and O–H groups in total. The number of aryl methyl sites for hydroxylation is 3. The molecule has 0 bridgehead atoms. The van der Waals surface area contributed by atoms with Crippen LogP contribution in [0.4, 0.5) is 17.5 Å². The van der Waals surface area contributed by atoms with Gasteiger partial charge in [0.25, 0.3) is 0 Å². The third-order valence-electron chi connectivity index (χ3n) is 3.42. The second-order valence-electron chi connectivity index (χ2n) is 5.39. The molecule has 4 nitrogen and oxygen atoms in total. The van der Waals surface area contributed by atoms with Gasteiger partial charge < -0.3 is 10.6 Å². The fourth-order valence-electron chi connectivity index (χ4n) is 2.57. The first-order valence-electron chi connectivity index (χ1n) is 6.80. The number of nitrogens with zero attached hydrogens (tertiary/aromatic N) is 3. The van der Waals surface area contributed by atoms with Gasteiger partial charge in [-0.15, -0.1) is 11.3 Å². The predicted octanol–water partition coefficient (Wildman–Crippen LogP) is 3.97. The van der Waals surface area contributed by atoms with Crippen molar-refractivity contribution in [2.75, 3.05) is 17.7 Å². The van der Waals surface area contributed by atoms with Crippen molar-refractivity contribution in [2.45, 2.75) is 20.8 Å². The Morgan fingerprint density at radius 1 is 1.00 bits per heavy atom. The van der Waals surface area contributed by atoms with E-state index in [0.29, 0.717) is 5.95 Å². The quantitative estimate of drug-likeness (QED) is 0.778. The number of anilines is 3. The summed E-state index contributed by atoms with van der Waals surface area (Å²) in [5.41, 5.74) is 9.44. The number of aromatic nitrogens is 2. The molecule has 0 amide bonds. The van der Waals surface area contributed by atoms with Crippen LogP contribution in [0.2, 0.25) is 0 Å². The molecule has 3 aromatic rings. The average molecular weight is 298 g/mol. The third-order valence-corrected chi connectivity index (χ3v) is 4.37. The highest BCUT2D eigenvalue weighted by atomic mass is 32.1. The van der Waals surface area contributed by atoms with Crippen molar-refractivity contribution < 1.29 is 0 Å². The lowest BCUT2D eigenvalue weighted by molar-refractivity contribution is 1.12. The van der Waals surface area contributed by atoms with Gasteiger partial charge in [-0.05, 0) is 50.1 Å². The Kier molecular flexibility index (Phi) is 3.29. The molecule has 5 heteroatoms. The number of benzene rings is 1. The summed E-state index contributed by atoms with van der Waals surface area (Å²) in [6.45, 7) is 6.27. The zero-order valence-corrected chi connectivity index (χ0v) is 13.5. The molecule has 0 fully saturated rings. The number of hydrogen-bond acceptors (Lipinski definition) is 5. The fourth-order valence-corrected chi connectivity index (χ4v) is 3.45. The van der Waals surface area contributed by atoms with Crippen molar-refractivity contribution in [3.63, 3.8) is 0 Å². The van der Waals surface area contributed by atoms with Gasteiger partial charge in [0.2, 0.25) is 5.95 Å². The van der Waals surface area contributed by atoms with E-state index in [1.807, 2.05) is 7.05 Å². The van der Waals surface area contributed by atoms with E-state index in [-0.39, 0.29) is 0 Å². The summed E-state index contributed by atoms with van der Waals surface area (Å²) in [7, 11) is 2.02. The predicted molar refractivity (Wildman–Crippen MR) is 90.5 cm³/mol. The molecular formula is C16H18N4S. The Morgan fingerprint density at radius 3 is 2.33 bits per heavy atom. The van der Waals surface area contributed by atoms with E-state index in [9.17, 15) is 0 Å². The van der Waals surface area contributed by atoms with E-state index < -0.39 is 0 Å². The largest absolute Gasteiger partial charge is 0.368 e. The molecule has 108 valence electrons. The van der Waals surface area contributed by atoms with E-state index in [0.717, 1.165) is 21.7 Å². The summed E-state index contributed by atoms with van der Waals surface area (Å²) in [6.07, 6.45) is 0.